The van der Waals surface area contributed by atoms with Gasteiger partial charge in [-0.25, -0.2) is 8.78 Å². The maximum atomic E-state index is 13.2. The molecule has 2 aromatic rings. The number of nitro groups is 1. The first kappa shape index (κ1) is 12.7. The highest BCUT2D eigenvalue weighted by molar-refractivity contribution is 14.1. The van der Waals surface area contributed by atoms with Gasteiger partial charge in [0.2, 0.25) is 0 Å². The fourth-order valence-electron chi connectivity index (χ4n) is 1.33. The lowest BCUT2D eigenvalue weighted by molar-refractivity contribution is -0.384. The van der Waals surface area contributed by atoms with E-state index in [1.165, 1.54) is 0 Å². The molecule has 18 heavy (non-hydrogen) atoms. The van der Waals surface area contributed by atoms with Crippen LogP contribution in [0.2, 0.25) is 0 Å². The predicted octanol–water partition coefficient (Wildman–Crippen LogP) is 2.71. The van der Waals surface area contributed by atoms with E-state index in [1.54, 1.807) is 22.6 Å². The number of nitrogen functional groups attached to an aromatic ring is 1. The Labute approximate surface area is 112 Å². The number of benzene rings is 1. The molecule has 1 aromatic carbocycles. The lowest BCUT2D eigenvalue weighted by Gasteiger charge is -2.01. The molecule has 2 rings (SSSR count). The number of nitrogens with two attached hydrogens (primary N) is 1. The van der Waals surface area contributed by atoms with E-state index < -0.39 is 22.2 Å². The first-order valence-corrected chi connectivity index (χ1v) is 5.54. The molecular formula is C9H4F2IN3O3. The van der Waals surface area contributed by atoms with Crippen LogP contribution >= 0.6 is 22.6 Å². The van der Waals surface area contributed by atoms with Crippen LogP contribution in [-0.4, -0.2) is 10.1 Å². The maximum absolute atomic E-state index is 13.2. The number of rotatable bonds is 2. The Morgan fingerprint density at radius 3 is 2.50 bits per heavy atom. The Bertz CT molecular complexity index is 644. The van der Waals surface area contributed by atoms with Gasteiger partial charge in [-0.3, -0.25) is 10.1 Å². The van der Waals surface area contributed by atoms with Crippen LogP contribution < -0.4 is 5.73 Å². The molecule has 0 saturated carbocycles. The van der Waals surface area contributed by atoms with Crippen molar-refractivity contribution in [1.29, 1.82) is 0 Å². The van der Waals surface area contributed by atoms with E-state index in [-0.39, 0.29) is 17.1 Å². The van der Waals surface area contributed by atoms with Gasteiger partial charge < -0.3 is 10.3 Å². The second-order valence-corrected chi connectivity index (χ2v) is 4.33. The van der Waals surface area contributed by atoms with Crippen molar-refractivity contribution in [2.75, 3.05) is 5.73 Å². The lowest BCUT2D eigenvalue weighted by atomic mass is 10.1. The summed E-state index contributed by atoms with van der Waals surface area (Å²) in [6.45, 7) is 0. The van der Waals surface area contributed by atoms with Crippen LogP contribution in [0, 0.1) is 25.3 Å². The van der Waals surface area contributed by atoms with E-state index in [1.807, 2.05) is 0 Å². The third-order valence-electron chi connectivity index (χ3n) is 2.14. The molecular weight excluding hydrogens is 363 g/mol. The predicted molar refractivity (Wildman–Crippen MR) is 65.6 cm³/mol. The summed E-state index contributed by atoms with van der Waals surface area (Å²) in [6, 6.07) is 1.16. The monoisotopic (exact) mass is 367 g/mol. The number of hydrogen-bond acceptors (Lipinski definition) is 5. The van der Waals surface area contributed by atoms with Gasteiger partial charge in [0.1, 0.15) is 9.13 Å². The summed E-state index contributed by atoms with van der Waals surface area (Å²) < 4.78 is 31.2. The summed E-state index contributed by atoms with van der Waals surface area (Å²) in [5.74, 6) is -2.59. The third-order valence-corrected chi connectivity index (χ3v) is 3.18. The van der Waals surface area contributed by atoms with Crippen LogP contribution in [0.5, 0.6) is 0 Å². The van der Waals surface area contributed by atoms with E-state index >= 15 is 0 Å². The van der Waals surface area contributed by atoms with Crippen molar-refractivity contribution in [1.82, 2.24) is 5.16 Å². The average molecular weight is 367 g/mol. The quantitative estimate of drug-likeness (QED) is 0.500. The van der Waals surface area contributed by atoms with Gasteiger partial charge >= 0.3 is 0 Å². The largest absolute Gasteiger partial charge is 0.380 e. The van der Waals surface area contributed by atoms with Crippen LogP contribution in [0.1, 0.15) is 0 Å². The van der Waals surface area contributed by atoms with E-state index in [2.05, 4.69) is 5.16 Å². The average Bonchev–Trinajstić information content (AvgIpc) is 2.63. The summed E-state index contributed by atoms with van der Waals surface area (Å²) in [4.78, 5) is 9.96. The first-order chi connectivity index (χ1) is 8.41. The Morgan fingerprint density at radius 2 is 2.00 bits per heavy atom. The van der Waals surface area contributed by atoms with Crippen molar-refractivity contribution in [2.45, 2.75) is 0 Å². The molecule has 0 bridgehead atoms. The van der Waals surface area contributed by atoms with E-state index in [0.29, 0.717) is 15.7 Å². The van der Waals surface area contributed by atoms with Gasteiger partial charge in [-0.1, -0.05) is 5.16 Å². The molecule has 9 heteroatoms. The van der Waals surface area contributed by atoms with Crippen molar-refractivity contribution in [3.05, 3.63) is 37.5 Å². The number of anilines is 1. The van der Waals surface area contributed by atoms with Crippen molar-refractivity contribution < 1.29 is 18.2 Å². The Morgan fingerprint density at radius 1 is 1.39 bits per heavy atom. The molecule has 0 radical (unpaired) electrons. The van der Waals surface area contributed by atoms with Gasteiger partial charge in [0.05, 0.1) is 11.0 Å². The van der Waals surface area contributed by atoms with Crippen LogP contribution in [0.4, 0.5) is 20.3 Å². The second kappa shape index (κ2) is 4.48. The highest BCUT2D eigenvalue weighted by atomic mass is 127. The van der Waals surface area contributed by atoms with Gasteiger partial charge in [0, 0.05) is 0 Å². The maximum Gasteiger partial charge on any atom is 0.283 e. The van der Waals surface area contributed by atoms with E-state index in [0.717, 1.165) is 0 Å². The van der Waals surface area contributed by atoms with Crippen LogP contribution in [0.15, 0.2) is 16.7 Å². The summed E-state index contributed by atoms with van der Waals surface area (Å²) in [7, 11) is 0. The van der Waals surface area contributed by atoms with Crippen molar-refractivity contribution in [3.63, 3.8) is 0 Å². The minimum absolute atomic E-state index is 0.0182. The molecule has 6 nitrogen and oxygen atoms in total. The fourth-order valence-corrected chi connectivity index (χ4v) is 1.82. The molecule has 2 N–H and O–H groups in total. The second-order valence-electron chi connectivity index (χ2n) is 3.25. The molecule has 0 aliphatic carbocycles. The smallest absolute Gasteiger partial charge is 0.283 e. The molecule has 0 atom stereocenters. The van der Waals surface area contributed by atoms with Crippen molar-refractivity contribution in [3.8, 4) is 11.3 Å². The molecule has 0 unspecified atom stereocenters. The van der Waals surface area contributed by atoms with Crippen LogP contribution in [0.25, 0.3) is 11.3 Å². The number of nitrogens with zero attached hydrogens (tertiary/aromatic N) is 2. The Balaban J connectivity index is 2.74. The number of nitro benzene ring substituents is 1. The molecule has 0 fully saturated rings. The summed E-state index contributed by atoms with van der Waals surface area (Å²) in [6.07, 6.45) is 0. The van der Waals surface area contributed by atoms with E-state index in [4.69, 9.17) is 10.3 Å². The van der Waals surface area contributed by atoms with E-state index in [9.17, 15) is 18.9 Å². The molecule has 1 aromatic heterocycles. The Hall–Kier alpha value is -1.78. The van der Waals surface area contributed by atoms with Crippen molar-refractivity contribution in [2.24, 2.45) is 0 Å². The standard InChI is InChI=1S/C9H4F2IN3O3/c10-4-1-3(6(15(16)17)2-5(4)11)8-7(12)9(13)14-18-8/h1-2H,(H2,13,14). The number of aromatic nitrogens is 1. The van der Waals surface area contributed by atoms with Gasteiger partial charge in [-0.05, 0) is 28.7 Å². The van der Waals surface area contributed by atoms with Crippen LogP contribution in [-0.2, 0) is 0 Å². The Kier molecular flexibility index (Phi) is 3.15. The summed E-state index contributed by atoms with van der Waals surface area (Å²) in [5, 5.41) is 14.2. The minimum Gasteiger partial charge on any atom is -0.380 e. The fraction of sp³-hybridized carbons (Fsp3) is 0. The zero-order valence-electron chi connectivity index (χ0n) is 8.49. The lowest BCUT2D eigenvalue weighted by Crippen LogP contribution is -1.96. The molecule has 0 aliphatic heterocycles. The van der Waals surface area contributed by atoms with Gasteiger partial charge in [-0.15, -0.1) is 0 Å². The molecule has 1 heterocycles. The summed E-state index contributed by atoms with van der Waals surface area (Å²) in [5.41, 5.74) is 4.58. The summed E-state index contributed by atoms with van der Waals surface area (Å²) >= 11 is 1.74. The van der Waals surface area contributed by atoms with Gasteiger partial charge in [0.25, 0.3) is 5.69 Å². The highest BCUT2D eigenvalue weighted by Gasteiger charge is 2.25. The van der Waals surface area contributed by atoms with Gasteiger partial charge in [-0.2, -0.15) is 0 Å². The molecule has 94 valence electrons. The topological polar surface area (TPSA) is 95.2 Å². The third kappa shape index (κ3) is 2.00. The van der Waals surface area contributed by atoms with Crippen LogP contribution in [0.3, 0.4) is 0 Å². The number of halogens is 3. The highest BCUT2D eigenvalue weighted by Crippen LogP contribution is 2.36. The van der Waals surface area contributed by atoms with Crippen molar-refractivity contribution >= 4 is 34.1 Å². The zero-order valence-corrected chi connectivity index (χ0v) is 10.6. The van der Waals surface area contributed by atoms with Gasteiger partial charge in [0.15, 0.2) is 23.2 Å². The minimum atomic E-state index is -1.31. The molecule has 0 aliphatic rings. The molecule has 0 amide bonds. The number of hydrogen-bond donors (Lipinski definition) is 1. The first-order valence-electron chi connectivity index (χ1n) is 4.46. The molecule has 0 saturated heterocycles. The molecule has 0 spiro atoms. The zero-order chi connectivity index (χ0) is 13.4. The normalized spacial score (nSPS) is 10.6. The SMILES string of the molecule is Nc1noc(-c2cc(F)c(F)cc2[N+](=O)[O-])c1I.